The zero-order chi connectivity index (χ0) is 13.2. The summed E-state index contributed by atoms with van der Waals surface area (Å²) in [5.41, 5.74) is 2.64. The number of fused-ring (bicyclic) bond motifs is 1. The molecule has 3 aromatic rings. The molecule has 0 saturated heterocycles. The van der Waals surface area contributed by atoms with Crippen LogP contribution in [0.15, 0.2) is 42.6 Å². The average Bonchev–Trinajstić information content (AvgIpc) is 2.82. The highest BCUT2D eigenvalue weighted by Gasteiger charge is 2.11. The fraction of sp³-hybridized carbons (Fsp3) is 0.0714. The van der Waals surface area contributed by atoms with Crippen molar-refractivity contribution in [1.29, 1.82) is 0 Å². The molecule has 0 fully saturated rings. The van der Waals surface area contributed by atoms with Gasteiger partial charge in [0.2, 0.25) is 0 Å². The molecule has 3 rings (SSSR count). The SMILES string of the molecule is Cc1ccnc(NC(=O)c2nc3ccccc3[nH]2)c1. The normalized spacial score (nSPS) is 10.6. The molecule has 0 radical (unpaired) electrons. The maximum atomic E-state index is 12.1. The second kappa shape index (κ2) is 4.53. The van der Waals surface area contributed by atoms with Crippen molar-refractivity contribution in [2.45, 2.75) is 6.92 Å². The van der Waals surface area contributed by atoms with E-state index in [1.165, 1.54) is 0 Å². The zero-order valence-electron chi connectivity index (χ0n) is 10.3. The van der Waals surface area contributed by atoms with E-state index >= 15 is 0 Å². The Hall–Kier alpha value is -2.69. The summed E-state index contributed by atoms with van der Waals surface area (Å²) in [5.74, 6) is 0.504. The number of nitrogens with one attached hydrogen (secondary N) is 2. The monoisotopic (exact) mass is 252 g/mol. The van der Waals surface area contributed by atoms with Gasteiger partial charge in [-0.15, -0.1) is 0 Å². The van der Waals surface area contributed by atoms with Crippen molar-refractivity contribution < 1.29 is 4.79 Å². The third-order valence-corrected chi connectivity index (χ3v) is 2.76. The number of para-hydroxylation sites is 2. The van der Waals surface area contributed by atoms with Gasteiger partial charge in [-0.25, -0.2) is 9.97 Å². The maximum Gasteiger partial charge on any atom is 0.292 e. The van der Waals surface area contributed by atoms with Crippen molar-refractivity contribution in [1.82, 2.24) is 15.0 Å². The first-order valence-electron chi connectivity index (χ1n) is 5.91. The number of hydrogen-bond acceptors (Lipinski definition) is 3. The van der Waals surface area contributed by atoms with Crippen LogP contribution in [0.1, 0.15) is 16.2 Å². The van der Waals surface area contributed by atoms with Crippen molar-refractivity contribution in [3.63, 3.8) is 0 Å². The third-order valence-electron chi connectivity index (χ3n) is 2.76. The van der Waals surface area contributed by atoms with Crippen LogP contribution in [0, 0.1) is 6.92 Å². The van der Waals surface area contributed by atoms with E-state index in [9.17, 15) is 4.79 Å². The van der Waals surface area contributed by atoms with Crippen molar-refractivity contribution in [3.8, 4) is 0 Å². The Kier molecular flexibility index (Phi) is 2.72. The van der Waals surface area contributed by atoms with E-state index in [4.69, 9.17) is 0 Å². The first-order chi connectivity index (χ1) is 9.22. The molecular weight excluding hydrogens is 240 g/mol. The van der Waals surface area contributed by atoms with Crippen molar-refractivity contribution >= 4 is 22.8 Å². The summed E-state index contributed by atoms with van der Waals surface area (Å²) in [4.78, 5) is 23.4. The van der Waals surface area contributed by atoms with Crippen molar-refractivity contribution in [2.24, 2.45) is 0 Å². The topological polar surface area (TPSA) is 70.7 Å². The summed E-state index contributed by atoms with van der Waals surface area (Å²) in [6.07, 6.45) is 1.66. The molecule has 0 aliphatic heterocycles. The second-order valence-electron chi connectivity index (χ2n) is 4.28. The number of H-pyrrole nitrogens is 1. The summed E-state index contributed by atoms with van der Waals surface area (Å²) in [6, 6.07) is 11.2. The van der Waals surface area contributed by atoms with E-state index in [2.05, 4.69) is 20.3 Å². The molecule has 2 N–H and O–H groups in total. The largest absolute Gasteiger partial charge is 0.334 e. The smallest absolute Gasteiger partial charge is 0.292 e. The number of pyridine rings is 1. The molecule has 0 spiro atoms. The lowest BCUT2D eigenvalue weighted by Gasteiger charge is -2.02. The van der Waals surface area contributed by atoms with E-state index < -0.39 is 0 Å². The summed E-state index contributed by atoms with van der Waals surface area (Å²) in [6.45, 7) is 1.94. The minimum absolute atomic E-state index is 0.282. The number of imidazole rings is 1. The van der Waals surface area contributed by atoms with E-state index in [0.717, 1.165) is 16.6 Å². The highest BCUT2D eigenvalue weighted by atomic mass is 16.2. The summed E-state index contributed by atoms with van der Waals surface area (Å²) in [7, 11) is 0. The number of aromatic nitrogens is 3. The number of aryl methyl sites for hydroxylation is 1. The molecule has 1 aromatic carbocycles. The molecule has 0 aliphatic carbocycles. The van der Waals surface area contributed by atoms with Crippen LogP contribution in [0.4, 0.5) is 5.82 Å². The molecule has 0 atom stereocenters. The number of benzene rings is 1. The number of rotatable bonds is 2. The summed E-state index contributed by atoms with van der Waals surface area (Å²) < 4.78 is 0. The number of hydrogen-bond donors (Lipinski definition) is 2. The predicted molar refractivity (Wildman–Crippen MR) is 73.0 cm³/mol. The molecule has 19 heavy (non-hydrogen) atoms. The second-order valence-corrected chi connectivity index (χ2v) is 4.28. The van der Waals surface area contributed by atoms with Crippen LogP contribution in [-0.2, 0) is 0 Å². The number of carbonyl (C=O) groups excluding carboxylic acids is 1. The lowest BCUT2D eigenvalue weighted by molar-refractivity contribution is 0.101. The molecule has 2 heterocycles. The predicted octanol–water partition coefficient (Wildman–Crippen LogP) is 2.52. The van der Waals surface area contributed by atoms with Gasteiger partial charge in [0.1, 0.15) is 5.82 Å². The molecule has 0 unspecified atom stereocenters. The summed E-state index contributed by atoms with van der Waals surface area (Å²) >= 11 is 0. The number of carbonyl (C=O) groups is 1. The quantitative estimate of drug-likeness (QED) is 0.736. The van der Waals surface area contributed by atoms with Gasteiger partial charge >= 0.3 is 0 Å². The highest BCUT2D eigenvalue weighted by Crippen LogP contribution is 2.12. The summed E-state index contributed by atoms with van der Waals surface area (Å²) in [5, 5.41) is 2.72. The van der Waals surface area contributed by atoms with Gasteiger partial charge in [-0.2, -0.15) is 0 Å². The molecule has 1 amide bonds. The molecule has 0 bridgehead atoms. The van der Waals surface area contributed by atoms with Crippen LogP contribution >= 0.6 is 0 Å². The molecule has 5 nitrogen and oxygen atoms in total. The highest BCUT2D eigenvalue weighted by molar-refractivity contribution is 6.02. The van der Waals surface area contributed by atoms with Crippen LogP contribution in [0.3, 0.4) is 0 Å². The van der Waals surface area contributed by atoms with Gasteiger partial charge < -0.3 is 10.3 Å². The van der Waals surface area contributed by atoms with Gasteiger partial charge in [0.25, 0.3) is 5.91 Å². The van der Waals surface area contributed by atoms with Crippen molar-refractivity contribution in [3.05, 3.63) is 54.0 Å². The standard InChI is InChI=1S/C14H12N4O/c1-9-6-7-15-12(8-9)18-14(19)13-16-10-4-2-3-5-11(10)17-13/h2-8H,1H3,(H,16,17)(H,15,18,19). The molecule has 94 valence electrons. The Balaban J connectivity index is 1.87. The van der Waals surface area contributed by atoms with E-state index in [1.807, 2.05) is 37.3 Å². The lowest BCUT2D eigenvalue weighted by Crippen LogP contribution is -2.14. The van der Waals surface area contributed by atoms with Gasteiger partial charge in [0.05, 0.1) is 11.0 Å². The van der Waals surface area contributed by atoms with E-state index in [-0.39, 0.29) is 11.7 Å². The number of nitrogens with zero attached hydrogens (tertiary/aromatic N) is 2. The molecule has 0 saturated carbocycles. The Morgan fingerprint density at radius 2 is 2.11 bits per heavy atom. The van der Waals surface area contributed by atoms with Crippen LogP contribution in [0.5, 0.6) is 0 Å². The Bertz CT molecular complexity index is 715. The zero-order valence-corrected chi connectivity index (χ0v) is 10.3. The molecule has 2 aromatic heterocycles. The van der Waals surface area contributed by atoms with Crippen LogP contribution in [-0.4, -0.2) is 20.9 Å². The molecule has 0 aliphatic rings. The van der Waals surface area contributed by atoms with Crippen LogP contribution < -0.4 is 5.32 Å². The van der Waals surface area contributed by atoms with E-state index in [0.29, 0.717) is 5.82 Å². The minimum atomic E-state index is -0.297. The number of anilines is 1. The van der Waals surface area contributed by atoms with Crippen LogP contribution in [0.2, 0.25) is 0 Å². The van der Waals surface area contributed by atoms with E-state index in [1.54, 1.807) is 12.3 Å². The lowest BCUT2D eigenvalue weighted by atomic mass is 10.3. The Morgan fingerprint density at radius 1 is 1.26 bits per heavy atom. The minimum Gasteiger partial charge on any atom is -0.334 e. The third kappa shape index (κ3) is 2.30. The van der Waals surface area contributed by atoms with Gasteiger partial charge in [-0.05, 0) is 36.8 Å². The maximum absolute atomic E-state index is 12.1. The molecule has 5 heteroatoms. The van der Waals surface area contributed by atoms with Gasteiger partial charge in [0.15, 0.2) is 5.82 Å². The van der Waals surface area contributed by atoms with Gasteiger partial charge in [-0.1, -0.05) is 12.1 Å². The van der Waals surface area contributed by atoms with Crippen molar-refractivity contribution in [2.75, 3.05) is 5.32 Å². The number of aromatic amines is 1. The Morgan fingerprint density at radius 3 is 2.89 bits per heavy atom. The number of amides is 1. The first kappa shape index (κ1) is 11.4. The average molecular weight is 252 g/mol. The first-order valence-corrected chi connectivity index (χ1v) is 5.91. The van der Waals surface area contributed by atoms with Crippen LogP contribution in [0.25, 0.3) is 11.0 Å². The fourth-order valence-corrected chi connectivity index (χ4v) is 1.84. The Labute approximate surface area is 109 Å². The molecular formula is C14H12N4O. The fourth-order valence-electron chi connectivity index (χ4n) is 1.84. The van der Waals surface area contributed by atoms with Gasteiger partial charge in [0, 0.05) is 6.20 Å². The van der Waals surface area contributed by atoms with Gasteiger partial charge in [-0.3, -0.25) is 4.79 Å².